The molecule has 1 amide bonds. The van der Waals surface area contributed by atoms with Crippen LogP contribution < -0.4 is 14.8 Å². The average Bonchev–Trinajstić information content (AvgIpc) is 3.01. The molecule has 0 saturated heterocycles. The molecule has 0 heterocycles. The molecule has 0 saturated carbocycles. The van der Waals surface area contributed by atoms with Gasteiger partial charge in [-0.25, -0.2) is 9.18 Å². The van der Waals surface area contributed by atoms with E-state index in [2.05, 4.69) is 17.2 Å². The molecule has 42 heavy (non-hydrogen) atoms. The first-order chi connectivity index (χ1) is 20.4. The zero-order chi connectivity index (χ0) is 29.6. The van der Waals surface area contributed by atoms with Gasteiger partial charge in [0.1, 0.15) is 36.6 Å². The van der Waals surface area contributed by atoms with Gasteiger partial charge in [-0.3, -0.25) is 0 Å². The third kappa shape index (κ3) is 10.2. The van der Waals surface area contributed by atoms with E-state index in [0.717, 1.165) is 22.4 Å². The fourth-order valence-corrected chi connectivity index (χ4v) is 4.02. The minimum Gasteiger partial charge on any atom is -0.491 e. The number of ether oxygens (including phenoxy) is 2. The van der Waals surface area contributed by atoms with Crippen LogP contribution in [0.1, 0.15) is 16.7 Å². The largest absolute Gasteiger partial charge is 0.491 e. The van der Waals surface area contributed by atoms with Gasteiger partial charge in [-0.15, -0.1) is 0 Å². The molecule has 0 fully saturated rings. The van der Waals surface area contributed by atoms with Crippen molar-refractivity contribution >= 4 is 11.8 Å². The van der Waals surface area contributed by atoms with Crippen LogP contribution in [0.25, 0.3) is 0 Å². The number of rotatable bonds is 13. The number of aliphatic hydroxyl groups is 1. The Morgan fingerprint density at radius 3 is 2.19 bits per heavy atom. The number of benzene rings is 4. The smallest absolute Gasteiger partial charge is 0.407 e. The van der Waals surface area contributed by atoms with E-state index in [0.29, 0.717) is 31.1 Å². The molecule has 0 radical (unpaired) electrons. The maximum Gasteiger partial charge on any atom is 0.407 e. The highest BCUT2D eigenvalue weighted by Crippen LogP contribution is 2.19. The number of halogens is 1. The lowest BCUT2D eigenvalue weighted by atomic mass is 10.1. The van der Waals surface area contributed by atoms with Crippen LogP contribution >= 0.6 is 0 Å². The van der Waals surface area contributed by atoms with Gasteiger partial charge in [0.2, 0.25) is 0 Å². The van der Waals surface area contributed by atoms with Crippen LogP contribution in [0.3, 0.4) is 0 Å². The van der Waals surface area contributed by atoms with Gasteiger partial charge in [-0.05, 0) is 78.2 Å². The standard InChI is InChI=1S/C34H33FN2O5/c35-29-12-8-26(9-13-29)7-4-21-36-30-14-10-27(11-15-30)20-22-37(34(39)40)23-31(38)25-42-33-18-16-32(17-19-33)41-24-28-5-2-1-3-6-28/h1-3,5-6,8-19,31,36,38H,20-25H2,(H,39,40)/t31-/m0/s1. The number of aliphatic hydroxyl groups excluding tert-OH is 1. The average molecular weight is 569 g/mol. The molecule has 0 aliphatic rings. The van der Waals surface area contributed by atoms with Crippen molar-refractivity contribution in [2.45, 2.75) is 19.1 Å². The first-order valence-corrected chi connectivity index (χ1v) is 13.6. The molecule has 4 aromatic rings. The third-order valence-electron chi connectivity index (χ3n) is 6.30. The van der Waals surface area contributed by atoms with Crippen LogP contribution in [0.15, 0.2) is 103 Å². The summed E-state index contributed by atoms with van der Waals surface area (Å²) in [7, 11) is 0. The van der Waals surface area contributed by atoms with Gasteiger partial charge in [0.15, 0.2) is 0 Å². The summed E-state index contributed by atoms with van der Waals surface area (Å²) < 4.78 is 24.4. The Labute approximate surface area is 245 Å². The van der Waals surface area contributed by atoms with Crippen molar-refractivity contribution in [1.82, 2.24) is 4.90 Å². The Balaban J connectivity index is 1.16. The SMILES string of the molecule is O=C(O)N(CCc1ccc(NCC#Cc2ccc(F)cc2)cc1)C[C@H](O)COc1ccc(OCc2ccccc2)cc1. The molecular weight excluding hydrogens is 535 g/mol. The molecule has 7 nitrogen and oxygen atoms in total. The molecule has 4 aromatic carbocycles. The summed E-state index contributed by atoms with van der Waals surface area (Å²) in [5.74, 6) is 6.92. The van der Waals surface area contributed by atoms with Crippen molar-refractivity contribution < 1.29 is 28.9 Å². The number of amides is 1. The molecule has 0 aliphatic carbocycles. The van der Waals surface area contributed by atoms with Crippen molar-refractivity contribution in [3.8, 4) is 23.3 Å². The maximum absolute atomic E-state index is 13.0. The summed E-state index contributed by atoms with van der Waals surface area (Å²) >= 11 is 0. The van der Waals surface area contributed by atoms with Crippen molar-refractivity contribution in [1.29, 1.82) is 0 Å². The van der Waals surface area contributed by atoms with Gasteiger partial charge in [0, 0.05) is 17.8 Å². The monoisotopic (exact) mass is 568 g/mol. The van der Waals surface area contributed by atoms with Crippen molar-refractivity contribution in [3.63, 3.8) is 0 Å². The van der Waals surface area contributed by atoms with E-state index < -0.39 is 12.2 Å². The predicted molar refractivity (Wildman–Crippen MR) is 160 cm³/mol. The Kier molecular flexibility index (Phi) is 11.2. The lowest BCUT2D eigenvalue weighted by Crippen LogP contribution is -2.40. The molecule has 0 spiro atoms. The highest BCUT2D eigenvalue weighted by Gasteiger charge is 2.17. The second-order valence-corrected chi connectivity index (χ2v) is 9.55. The highest BCUT2D eigenvalue weighted by atomic mass is 19.1. The number of carbonyl (C=O) groups is 1. The molecule has 8 heteroatoms. The number of hydrogen-bond acceptors (Lipinski definition) is 5. The van der Waals surface area contributed by atoms with Crippen molar-refractivity contribution in [2.24, 2.45) is 0 Å². The van der Waals surface area contributed by atoms with Gasteiger partial charge in [-0.1, -0.05) is 54.3 Å². The molecule has 0 aliphatic heterocycles. The number of anilines is 1. The second kappa shape index (κ2) is 15.7. The Bertz CT molecular complexity index is 1450. The van der Waals surface area contributed by atoms with E-state index in [1.165, 1.54) is 17.0 Å². The van der Waals surface area contributed by atoms with Crippen LogP contribution in [-0.2, 0) is 13.0 Å². The summed E-state index contributed by atoms with van der Waals surface area (Å²) in [5.41, 5.74) is 3.65. The summed E-state index contributed by atoms with van der Waals surface area (Å²) in [6.07, 6.45) is -1.60. The minimum absolute atomic E-state index is 0.0432. The molecule has 0 aromatic heterocycles. The van der Waals surface area contributed by atoms with E-state index in [9.17, 15) is 19.4 Å². The Morgan fingerprint density at radius 1 is 0.857 bits per heavy atom. The zero-order valence-electron chi connectivity index (χ0n) is 23.1. The van der Waals surface area contributed by atoms with Gasteiger partial charge in [0.25, 0.3) is 0 Å². The number of nitrogens with one attached hydrogen (secondary N) is 1. The molecular formula is C34H33FN2O5. The fourth-order valence-electron chi connectivity index (χ4n) is 4.02. The topological polar surface area (TPSA) is 91.3 Å². The molecule has 0 bridgehead atoms. The molecule has 1 atom stereocenters. The summed E-state index contributed by atoms with van der Waals surface area (Å²) in [4.78, 5) is 13.0. The van der Waals surface area contributed by atoms with Gasteiger partial charge in [-0.2, -0.15) is 0 Å². The Morgan fingerprint density at radius 2 is 1.52 bits per heavy atom. The highest BCUT2D eigenvalue weighted by molar-refractivity contribution is 5.65. The lowest BCUT2D eigenvalue weighted by Gasteiger charge is -2.22. The quantitative estimate of drug-likeness (QED) is 0.176. The number of nitrogens with zero attached hydrogens (tertiary/aromatic N) is 1. The summed E-state index contributed by atoms with van der Waals surface area (Å²) in [5, 5.41) is 23.3. The van der Waals surface area contributed by atoms with Crippen molar-refractivity contribution in [3.05, 3.63) is 126 Å². The molecule has 3 N–H and O–H groups in total. The van der Waals surface area contributed by atoms with Crippen LogP contribution in [0, 0.1) is 17.7 Å². The summed E-state index contributed by atoms with van der Waals surface area (Å²) in [6, 6.07) is 30.6. The van der Waals surface area contributed by atoms with Crippen molar-refractivity contribution in [2.75, 3.05) is 31.6 Å². The van der Waals surface area contributed by atoms with Crippen LogP contribution in [0.5, 0.6) is 11.5 Å². The summed E-state index contributed by atoms with van der Waals surface area (Å²) in [6.45, 7) is 1.00. The first kappa shape index (κ1) is 30.0. The normalized spacial score (nSPS) is 11.1. The van der Waals surface area contributed by atoms with E-state index in [1.807, 2.05) is 54.6 Å². The molecule has 4 rings (SSSR count). The van der Waals surface area contributed by atoms with E-state index in [4.69, 9.17) is 9.47 Å². The van der Waals surface area contributed by atoms with Gasteiger partial charge < -0.3 is 29.9 Å². The van der Waals surface area contributed by atoms with Crippen LogP contribution in [-0.4, -0.2) is 53.6 Å². The van der Waals surface area contributed by atoms with E-state index in [-0.39, 0.29) is 25.5 Å². The van der Waals surface area contributed by atoms with Crippen LogP contribution in [0.4, 0.5) is 14.9 Å². The predicted octanol–water partition coefficient (Wildman–Crippen LogP) is 5.83. The number of hydrogen-bond donors (Lipinski definition) is 3. The van der Waals surface area contributed by atoms with E-state index >= 15 is 0 Å². The van der Waals surface area contributed by atoms with E-state index in [1.54, 1.807) is 36.4 Å². The molecule has 216 valence electrons. The first-order valence-electron chi connectivity index (χ1n) is 13.6. The number of carboxylic acid groups (broad SMARTS) is 1. The minimum atomic E-state index is -1.10. The van der Waals surface area contributed by atoms with Gasteiger partial charge in [0.05, 0.1) is 13.1 Å². The Hall–Kier alpha value is -5.00. The van der Waals surface area contributed by atoms with Crippen LogP contribution in [0.2, 0.25) is 0 Å². The molecule has 0 unspecified atom stereocenters. The maximum atomic E-state index is 13.0. The zero-order valence-corrected chi connectivity index (χ0v) is 23.1. The lowest BCUT2D eigenvalue weighted by molar-refractivity contribution is 0.0655. The van der Waals surface area contributed by atoms with Gasteiger partial charge >= 0.3 is 6.09 Å². The third-order valence-corrected chi connectivity index (χ3v) is 6.30. The fraction of sp³-hybridized carbons (Fsp3) is 0.206. The second-order valence-electron chi connectivity index (χ2n) is 9.55.